The molecule has 0 aromatic heterocycles. The summed E-state index contributed by atoms with van der Waals surface area (Å²) < 4.78 is 14.8. The molecule has 1 unspecified atom stereocenters. The number of amides is 2. The standard InChI is InChI=1S/C3H9N2O3P/c1-8-9(7)2-5-3(4)6/h9H,2H2,1H3,(H3,4,5,6). The van der Waals surface area contributed by atoms with Gasteiger partial charge >= 0.3 is 6.03 Å². The van der Waals surface area contributed by atoms with Gasteiger partial charge in [-0.15, -0.1) is 0 Å². The largest absolute Gasteiger partial charge is 0.352 e. The number of rotatable bonds is 3. The molecule has 0 radical (unpaired) electrons. The molecule has 0 saturated heterocycles. The van der Waals surface area contributed by atoms with Gasteiger partial charge in [0, 0.05) is 7.11 Å². The molecular formula is C3H9N2O3P. The van der Waals surface area contributed by atoms with Crippen LogP contribution in [0.2, 0.25) is 0 Å². The third-order valence-electron chi connectivity index (χ3n) is 0.635. The van der Waals surface area contributed by atoms with Gasteiger partial charge in [0.15, 0.2) is 0 Å². The highest BCUT2D eigenvalue weighted by Crippen LogP contribution is 2.16. The lowest BCUT2D eigenvalue weighted by Gasteiger charge is -1.97. The van der Waals surface area contributed by atoms with Crippen LogP contribution in [0, 0.1) is 0 Å². The summed E-state index contributed by atoms with van der Waals surface area (Å²) in [5.74, 6) is 0. The van der Waals surface area contributed by atoms with Crippen LogP contribution in [0.5, 0.6) is 0 Å². The Labute approximate surface area is 53.4 Å². The minimum atomic E-state index is -2.09. The van der Waals surface area contributed by atoms with E-state index >= 15 is 0 Å². The molecule has 0 heterocycles. The van der Waals surface area contributed by atoms with Crippen LogP contribution in [-0.4, -0.2) is 19.4 Å². The third kappa shape index (κ3) is 5.33. The molecule has 2 amide bonds. The molecule has 0 fully saturated rings. The fourth-order valence-corrected chi connectivity index (χ4v) is 0.694. The van der Waals surface area contributed by atoms with Crippen LogP contribution in [0.25, 0.3) is 0 Å². The first-order chi connectivity index (χ1) is 4.16. The predicted molar refractivity (Wildman–Crippen MR) is 33.6 cm³/mol. The maximum atomic E-state index is 10.4. The highest BCUT2D eigenvalue weighted by atomic mass is 31.1. The number of nitrogens with two attached hydrogens (primary N) is 1. The molecule has 6 heteroatoms. The molecule has 0 aliphatic carbocycles. The number of hydrogen-bond acceptors (Lipinski definition) is 3. The van der Waals surface area contributed by atoms with E-state index in [1.807, 2.05) is 0 Å². The number of nitrogens with one attached hydrogen (secondary N) is 1. The maximum Gasteiger partial charge on any atom is 0.312 e. The molecule has 1 atom stereocenters. The lowest BCUT2D eigenvalue weighted by Crippen LogP contribution is -2.28. The van der Waals surface area contributed by atoms with Gasteiger partial charge in [0.25, 0.3) is 0 Å². The molecule has 0 aromatic carbocycles. The first-order valence-electron chi connectivity index (χ1n) is 2.27. The van der Waals surface area contributed by atoms with Crippen molar-refractivity contribution < 1.29 is 13.9 Å². The van der Waals surface area contributed by atoms with Gasteiger partial charge in [0.2, 0.25) is 8.03 Å². The van der Waals surface area contributed by atoms with Crippen LogP contribution in [0.3, 0.4) is 0 Å². The number of urea groups is 1. The van der Waals surface area contributed by atoms with Crippen molar-refractivity contribution >= 4 is 14.1 Å². The highest BCUT2D eigenvalue weighted by Gasteiger charge is 1.95. The van der Waals surface area contributed by atoms with E-state index in [0.29, 0.717) is 0 Å². The van der Waals surface area contributed by atoms with Crippen molar-refractivity contribution in [3.05, 3.63) is 0 Å². The molecule has 54 valence electrons. The summed E-state index contributed by atoms with van der Waals surface area (Å²) in [6, 6.07) is -0.689. The average Bonchev–Trinajstić information content (AvgIpc) is 1.83. The van der Waals surface area contributed by atoms with Crippen molar-refractivity contribution in [3.63, 3.8) is 0 Å². The summed E-state index contributed by atoms with van der Waals surface area (Å²) in [6.07, 6.45) is 0.0104. The van der Waals surface area contributed by atoms with Gasteiger partial charge in [-0.1, -0.05) is 0 Å². The van der Waals surface area contributed by atoms with Crippen LogP contribution >= 0.6 is 8.03 Å². The van der Waals surface area contributed by atoms with Gasteiger partial charge < -0.3 is 15.6 Å². The van der Waals surface area contributed by atoms with Crippen molar-refractivity contribution in [3.8, 4) is 0 Å². The fraction of sp³-hybridized carbons (Fsp3) is 0.667. The third-order valence-corrected chi connectivity index (χ3v) is 1.56. The molecule has 0 rings (SSSR count). The normalized spacial score (nSPS) is 12.6. The Balaban J connectivity index is 3.28. The summed E-state index contributed by atoms with van der Waals surface area (Å²) in [5.41, 5.74) is 4.67. The summed E-state index contributed by atoms with van der Waals surface area (Å²) in [5, 5.41) is 2.14. The Morgan fingerprint density at radius 3 is 2.78 bits per heavy atom. The summed E-state index contributed by atoms with van der Waals surface area (Å²) in [6.45, 7) is 0. The van der Waals surface area contributed by atoms with Crippen molar-refractivity contribution in [1.29, 1.82) is 0 Å². The summed E-state index contributed by atoms with van der Waals surface area (Å²) in [7, 11) is -0.777. The van der Waals surface area contributed by atoms with Crippen molar-refractivity contribution in [2.45, 2.75) is 0 Å². The number of primary amides is 1. The van der Waals surface area contributed by atoms with Crippen LogP contribution in [0.4, 0.5) is 4.79 Å². The van der Waals surface area contributed by atoms with E-state index in [4.69, 9.17) is 0 Å². The van der Waals surface area contributed by atoms with Gasteiger partial charge in [-0.05, 0) is 0 Å². The minimum Gasteiger partial charge on any atom is -0.352 e. The van der Waals surface area contributed by atoms with E-state index in [2.05, 4.69) is 15.6 Å². The first kappa shape index (κ1) is 8.46. The molecule has 0 bridgehead atoms. The zero-order chi connectivity index (χ0) is 7.28. The molecule has 0 aliphatic heterocycles. The van der Waals surface area contributed by atoms with Gasteiger partial charge in [-0.25, -0.2) is 4.79 Å². The molecule has 0 aliphatic rings. The van der Waals surface area contributed by atoms with Crippen molar-refractivity contribution in [1.82, 2.24) is 5.32 Å². The zero-order valence-corrected chi connectivity index (χ0v) is 6.01. The van der Waals surface area contributed by atoms with Crippen molar-refractivity contribution in [2.24, 2.45) is 5.73 Å². The summed E-state index contributed by atoms with van der Waals surface area (Å²) >= 11 is 0. The predicted octanol–water partition coefficient (Wildman–Crippen LogP) is -0.267. The van der Waals surface area contributed by atoms with E-state index in [1.54, 1.807) is 0 Å². The van der Waals surface area contributed by atoms with E-state index in [0.717, 1.165) is 0 Å². The number of hydrogen-bond donors (Lipinski definition) is 2. The van der Waals surface area contributed by atoms with E-state index < -0.39 is 14.1 Å². The van der Waals surface area contributed by atoms with Gasteiger partial charge in [0.1, 0.15) is 0 Å². The lowest BCUT2D eigenvalue weighted by atomic mass is 11.0. The Bertz CT molecular complexity index is 126. The highest BCUT2D eigenvalue weighted by molar-refractivity contribution is 7.39. The van der Waals surface area contributed by atoms with Crippen molar-refractivity contribution in [2.75, 3.05) is 13.4 Å². The Morgan fingerprint density at radius 1 is 1.89 bits per heavy atom. The molecule has 3 N–H and O–H groups in total. The quantitative estimate of drug-likeness (QED) is 0.546. The van der Waals surface area contributed by atoms with E-state index in [-0.39, 0.29) is 6.29 Å². The second kappa shape index (κ2) is 4.35. The molecule has 0 spiro atoms. The van der Waals surface area contributed by atoms with E-state index in [9.17, 15) is 9.36 Å². The molecule has 5 nitrogen and oxygen atoms in total. The molecular weight excluding hydrogens is 143 g/mol. The zero-order valence-electron chi connectivity index (χ0n) is 5.01. The molecule has 9 heavy (non-hydrogen) atoms. The fourth-order valence-electron chi connectivity index (χ4n) is 0.231. The monoisotopic (exact) mass is 152 g/mol. The maximum absolute atomic E-state index is 10.4. The van der Waals surface area contributed by atoms with Crippen LogP contribution in [0.1, 0.15) is 0 Å². The van der Waals surface area contributed by atoms with Crippen LogP contribution in [-0.2, 0) is 9.09 Å². The van der Waals surface area contributed by atoms with Gasteiger partial charge in [0.05, 0.1) is 6.29 Å². The first-order valence-corrected chi connectivity index (χ1v) is 3.79. The second-order valence-corrected chi connectivity index (χ2v) is 2.80. The Morgan fingerprint density at radius 2 is 2.44 bits per heavy atom. The van der Waals surface area contributed by atoms with E-state index in [1.165, 1.54) is 7.11 Å². The number of carbonyl (C=O) groups excluding carboxylic acids is 1. The Hall–Kier alpha value is -0.540. The Kier molecular flexibility index (Phi) is 4.09. The smallest absolute Gasteiger partial charge is 0.312 e. The topological polar surface area (TPSA) is 81.4 Å². The average molecular weight is 152 g/mol. The SMILES string of the molecule is CO[PH](=O)CNC(N)=O. The summed E-state index contributed by atoms with van der Waals surface area (Å²) in [4.78, 5) is 9.95. The molecule has 0 aromatic rings. The lowest BCUT2D eigenvalue weighted by molar-refractivity contribution is 0.250. The van der Waals surface area contributed by atoms with Crippen LogP contribution in [0.15, 0.2) is 0 Å². The van der Waals surface area contributed by atoms with Crippen LogP contribution < -0.4 is 11.1 Å². The number of carbonyl (C=O) groups is 1. The molecule has 0 saturated carbocycles. The van der Waals surface area contributed by atoms with Gasteiger partial charge in [-0.3, -0.25) is 4.57 Å². The van der Waals surface area contributed by atoms with Gasteiger partial charge in [-0.2, -0.15) is 0 Å². The minimum absolute atomic E-state index is 0.0104. The second-order valence-electron chi connectivity index (χ2n) is 1.29.